The highest BCUT2D eigenvalue weighted by Gasteiger charge is 2.28. The van der Waals surface area contributed by atoms with Crippen molar-refractivity contribution in [3.05, 3.63) is 107 Å². The summed E-state index contributed by atoms with van der Waals surface area (Å²) in [6.45, 7) is 15.2. The van der Waals surface area contributed by atoms with Crippen LogP contribution in [-0.2, 0) is 35.2 Å². The second kappa shape index (κ2) is 26.3. The van der Waals surface area contributed by atoms with E-state index in [-0.39, 0.29) is 43.7 Å². The van der Waals surface area contributed by atoms with Gasteiger partial charge in [0.1, 0.15) is 30.5 Å². The van der Waals surface area contributed by atoms with E-state index < -0.39 is 36.5 Å². The molecule has 0 bridgehead atoms. The minimum Gasteiger partial charge on any atom is -0.497 e. The Balaban J connectivity index is 0.913. The summed E-state index contributed by atoms with van der Waals surface area (Å²) in [7, 11) is 1.55. The van der Waals surface area contributed by atoms with E-state index in [2.05, 4.69) is 54.8 Å². The van der Waals surface area contributed by atoms with E-state index >= 15 is 0 Å². The number of H-pyrrole nitrogens is 2. The Morgan fingerprint density at radius 1 is 0.907 bits per heavy atom. The van der Waals surface area contributed by atoms with Crippen LogP contribution < -0.4 is 30.2 Å². The molecule has 1 fully saturated rings. The molecule has 0 aliphatic carbocycles. The van der Waals surface area contributed by atoms with Crippen LogP contribution >= 0.6 is 0 Å². The molecule has 2 aliphatic rings. The molecule has 4 heterocycles. The van der Waals surface area contributed by atoms with Crippen molar-refractivity contribution in [1.82, 2.24) is 35.2 Å². The smallest absolute Gasteiger partial charge is 0.347 e. The van der Waals surface area contributed by atoms with Gasteiger partial charge in [-0.3, -0.25) is 29.2 Å². The number of methoxy groups -OCH3 is 1. The summed E-state index contributed by atoms with van der Waals surface area (Å²) in [4.78, 5) is 88.6. The second-order valence-electron chi connectivity index (χ2n) is 18.2. The summed E-state index contributed by atoms with van der Waals surface area (Å²) in [5, 5.41) is 15.7. The first-order valence-electron chi connectivity index (χ1n) is 25.3. The van der Waals surface area contributed by atoms with Crippen molar-refractivity contribution in [3.63, 3.8) is 0 Å². The van der Waals surface area contributed by atoms with Gasteiger partial charge in [0.25, 0.3) is 11.8 Å². The Labute approximate surface area is 436 Å². The lowest BCUT2D eigenvalue weighted by Gasteiger charge is -2.25. The first-order chi connectivity index (χ1) is 36.2. The summed E-state index contributed by atoms with van der Waals surface area (Å²) in [6.07, 6.45) is 5.35. The third-order valence-corrected chi connectivity index (χ3v) is 13.1. The highest BCUT2D eigenvalue weighted by atomic mass is 16.6. The summed E-state index contributed by atoms with van der Waals surface area (Å²) < 4.78 is 28.1. The maximum Gasteiger partial charge on any atom is 0.347 e. The van der Waals surface area contributed by atoms with Gasteiger partial charge in [-0.1, -0.05) is 32.0 Å². The number of hydrogen-bond donors (Lipinski definition) is 5. The average molecular weight is 1030 g/mol. The van der Waals surface area contributed by atoms with Crippen molar-refractivity contribution in [1.29, 1.82) is 0 Å². The Kier molecular flexibility index (Phi) is 19.2. The lowest BCUT2D eigenvalue weighted by Crippen LogP contribution is -2.38. The van der Waals surface area contributed by atoms with Gasteiger partial charge in [-0.2, -0.15) is 5.10 Å². The molecule has 75 heavy (non-hydrogen) atoms. The van der Waals surface area contributed by atoms with Crippen molar-refractivity contribution >= 4 is 58.8 Å². The molecule has 7 rings (SSSR count). The fourth-order valence-electron chi connectivity index (χ4n) is 8.86. The van der Waals surface area contributed by atoms with Gasteiger partial charge in [0.2, 0.25) is 0 Å². The number of carbonyl (C=O) groups is 6. The van der Waals surface area contributed by atoms with Crippen LogP contribution in [-0.4, -0.2) is 144 Å². The Morgan fingerprint density at radius 2 is 1.69 bits per heavy atom. The number of nitrogens with one attached hydrogen (secondary N) is 5. The fraction of sp³-hybridized carbons (Fsp3) is 0.400. The molecule has 2 aliphatic heterocycles. The highest BCUT2D eigenvalue weighted by molar-refractivity contribution is 6.35. The quantitative estimate of drug-likeness (QED) is 0.0226. The number of benzene rings is 3. The average Bonchev–Trinajstić information content (AvgIpc) is 4.24. The van der Waals surface area contributed by atoms with Crippen molar-refractivity contribution in [3.8, 4) is 28.4 Å². The molecule has 1 unspecified atom stereocenters. The molecule has 1 saturated heterocycles. The minimum absolute atomic E-state index is 0.0354. The van der Waals surface area contributed by atoms with E-state index in [1.54, 1.807) is 62.8 Å². The molecule has 0 spiro atoms. The standard InChI is InChI=1S/C55H67N9O11/c1-7-62(8-2)23-20-56-53(68)51-35(3)47(59-36(51)4)31-44-43-30-42(15-17-45(43)60-52(44)67)75-50(66)19-18-49(65)74-37(5)54(69)73-27-25-64(34-38-12-11-13-41(28-38)71-6)55(70)61-46-16-14-39(40-32-57-58-33-40)29-48(46)72-26-24-63-21-9-10-22-63/h11-17,28-33,37,59H,7-10,18-27,34H2,1-6H3,(H,56,68)(H,57,58)(H,60,67)(H,61,70)/b44-31-. The number of aryl methyl sites for hydroxylation is 1. The molecular weight excluding hydrogens is 963 g/mol. The topological polar surface area (TPSA) is 239 Å². The van der Waals surface area contributed by atoms with Crippen LogP contribution in [0.25, 0.3) is 22.8 Å². The molecule has 20 heteroatoms. The number of ether oxygens (including phenoxy) is 5. The van der Waals surface area contributed by atoms with Gasteiger partial charge in [-0.05, 0) is 125 Å². The number of nitrogens with zero attached hydrogens (tertiary/aromatic N) is 4. The molecule has 2 aromatic heterocycles. The zero-order valence-corrected chi connectivity index (χ0v) is 43.5. The first-order valence-corrected chi connectivity index (χ1v) is 25.3. The van der Waals surface area contributed by atoms with E-state index in [0.29, 0.717) is 69.7 Å². The Hall–Kier alpha value is -7.97. The number of rotatable bonds is 25. The van der Waals surface area contributed by atoms with Crippen LogP contribution in [0.3, 0.4) is 0 Å². The van der Waals surface area contributed by atoms with Gasteiger partial charge >= 0.3 is 23.9 Å². The number of esters is 3. The number of likely N-dealkylation sites (tertiary alicyclic amines) is 1. The zero-order valence-electron chi connectivity index (χ0n) is 43.5. The van der Waals surface area contributed by atoms with Gasteiger partial charge < -0.3 is 54.4 Å². The molecule has 1 atom stereocenters. The lowest BCUT2D eigenvalue weighted by atomic mass is 10.0. The zero-order chi connectivity index (χ0) is 53.4. The predicted molar refractivity (Wildman–Crippen MR) is 282 cm³/mol. The summed E-state index contributed by atoms with van der Waals surface area (Å²) >= 11 is 0. The maximum atomic E-state index is 14.1. The first kappa shape index (κ1) is 54.8. The Morgan fingerprint density at radius 3 is 2.44 bits per heavy atom. The van der Waals surface area contributed by atoms with Crippen LogP contribution in [0.5, 0.6) is 17.2 Å². The SMILES string of the molecule is CCN(CC)CCNC(=O)c1c(C)[nH]c(/C=C2\C(=O)Nc3ccc(OC(=O)CCC(=O)OC(C)C(=O)OCCN(Cc4cccc(OC)c4)C(=O)Nc4ccc(-c5cn[nH]c5)cc4OCCN4CCCC4)cc32)c1C. The van der Waals surface area contributed by atoms with Gasteiger partial charge in [0.15, 0.2) is 6.10 Å². The van der Waals surface area contributed by atoms with Crippen molar-refractivity contribution in [2.45, 2.75) is 73.0 Å². The maximum absolute atomic E-state index is 14.1. The highest BCUT2D eigenvalue weighted by Crippen LogP contribution is 2.37. The molecule has 0 saturated carbocycles. The van der Waals surface area contributed by atoms with Crippen molar-refractivity contribution in [2.75, 3.05) is 83.3 Å². The third-order valence-electron chi connectivity index (χ3n) is 13.1. The number of fused-ring (bicyclic) bond motifs is 1. The third kappa shape index (κ3) is 14.8. The van der Waals surface area contributed by atoms with Crippen LogP contribution in [0.15, 0.2) is 73.1 Å². The van der Waals surface area contributed by atoms with Crippen molar-refractivity contribution in [2.24, 2.45) is 0 Å². The summed E-state index contributed by atoms with van der Waals surface area (Å²) in [5.74, 6) is -1.80. The van der Waals surface area contributed by atoms with Crippen LogP contribution in [0.2, 0.25) is 0 Å². The molecule has 5 aromatic rings. The van der Waals surface area contributed by atoms with E-state index in [1.807, 2.05) is 31.2 Å². The van der Waals surface area contributed by atoms with Crippen LogP contribution in [0.4, 0.5) is 16.2 Å². The van der Waals surface area contributed by atoms with Gasteiger partial charge in [-0.25, -0.2) is 9.59 Å². The van der Waals surface area contributed by atoms with Gasteiger partial charge in [0, 0.05) is 60.6 Å². The number of anilines is 2. The molecular formula is C55H67N9O11. The number of likely N-dealkylation sites (N-methyl/N-ethyl adjacent to an activating group) is 1. The van der Waals surface area contributed by atoms with Crippen LogP contribution in [0, 0.1) is 13.8 Å². The van der Waals surface area contributed by atoms with E-state index in [9.17, 15) is 28.8 Å². The lowest BCUT2D eigenvalue weighted by molar-refractivity contribution is -0.167. The molecule has 398 valence electrons. The number of urea groups is 1. The van der Waals surface area contributed by atoms with E-state index in [1.165, 1.54) is 17.9 Å². The number of hydrogen-bond acceptors (Lipinski definition) is 14. The largest absolute Gasteiger partial charge is 0.497 e. The molecule has 0 radical (unpaired) electrons. The monoisotopic (exact) mass is 1030 g/mol. The molecule has 3 aromatic carbocycles. The van der Waals surface area contributed by atoms with E-state index in [4.69, 9.17) is 23.7 Å². The minimum atomic E-state index is -1.33. The second-order valence-corrected chi connectivity index (χ2v) is 18.2. The molecule has 4 amide bonds. The van der Waals surface area contributed by atoms with Gasteiger partial charge in [-0.15, -0.1) is 0 Å². The molecule has 20 nitrogen and oxygen atoms in total. The number of amides is 4. The predicted octanol–water partition coefficient (Wildman–Crippen LogP) is 6.96. The molecule has 5 N–H and O–H groups in total. The Bertz CT molecular complexity index is 2850. The fourth-order valence-corrected chi connectivity index (χ4v) is 8.86. The van der Waals surface area contributed by atoms with Crippen molar-refractivity contribution < 1.29 is 52.5 Å². The summed E-state index contributed by atoms with van der Waals surface area (Å²) in [6, 6.07) is 16.9. The van der Waals surface area contributed by atoms with Gasteiger partial charge in [0.05, 0.1) is 49.5 Å². The number of aromatic amines is 2. The number of carbonyl (C=O) groups excluding carboxylic acids is 6. The van der Waals surface area contributed by atoms with Crippen LogP contribution in [0.1, 0.15) is 84.9 Å². The summed E-state index contributed by atoms with van der Waals surface area (Å²) in [5.41, 5.74) is 6.63. The number of aromatic nitrogens is 3. The van der Waals surface area contributed by atoms with E-state index in [0.717, 1.165) is 68.8 Å². The normalized spacial score (nSPS) is 14.0.